The number of hydrogen-bond donors (Lipinski definition) is 2. The van der Waals surface area contributed by atoms with Crippen molar-refractivity contribution in [3.8, 4) is 5.75 Å². The molecule has 0 spiro atoms. The van der Waals surface area contributed by atoms with Crippen LogP contribution < -0.4 is 15.4 Å². The molecule has 0 aromatic heterocycles. The molecule has 4 rings (SSSR count). The van der Waals surface area contributed by atoms with E-state index in [9.17, 15) is 22.8 Å². The highest BCUT2D eigenvalue weighted by Gasteiger charge is 2.30. The van der Waals surface area contributed by atoms with Crippen LogP contribution in [0.5, 0.6) is 5.75 Å². The Labute approximate surface area is 207 Å². The quantitative estimate of drug-likeness (QED) is 0.332. The number of fused-ring (bicyclic) bond motifs is 1. The fourth-order valence-electron chi connectivity index (χ4n) is 4.13. The molecule has 0 fully saturated rings. The van der Waals surface area contributed by atoms with Gasteiger partial charge in [0, 0.05) is 39.7 Å². The smallest absolute Gasteiger partial charge is 0.416 e. The summed E-state index contributed by atoms with van der Waals surface area (Å²) in [5.74, 6) is -0.167. The van der Waals surface area contributed by atoms with Crippen molar-refractivity contribution in [1.82, 2.24) is 5.32 Å². The lowest BCUT2D eigenvalue weighted by Crippen LogP contribution is -2.43. The van der Waals surface area contributed by atoms with Crippen LogP contribution in [0.4, 0.5) is 18.9 Å². The van der Waals surface area contributed by atoms with Crippen molar-refractivity contribution in [2.75, 3.05) is 12.4 Å². The first kappa shape index (κ1) is 25.0. The fourth-order valence-corrected chi connectivity index (χ4v) is 4.13. The summed E-state index contributed by atoms with van der Waals surface area (Å²) in [6, 6.07) is 16.1. The minimum absolute atomic E-state index is 0.0704. The molecule has 36 heavy (non-hydrogen) atoms. The molecule has 5 nitrogen and oxygen atoms in total. The molecule has 0 bridgehead atoms. The molecule has 3 aromatic rings. The Bertz CT molecular complexity index is 1340. The van der Waals surface area contributed by atoms with Gasteiger partial charge in [0.15, 0.2) is 5.78 Å². The van der Waals surface area contributed by atoms with E-state index in [4.69, 9.17) is 4.74 Å². The summed E-state index contributed by atoms with van der Waals surface area (Å²) in [6.07, 6.45) is -2.18. The van der Waals surface area contributed by atoms with E-state index in [0.29, 0.717) is 22.7 Å². The molecule has 1 heterocycles. The molecule has 1 aliphatic heterocycles. The third-order valence-corrected chi connectivity index (χ3v) is 5.87. The van der Waals surface area contributed by atoms with E-state index in [1.54, 1.807) is 25.3 Å². The monoisotopic (exact) mass is 494 g/mol. The van der Waals surface area contributed by atoms with Gasteiger partial charge in [-0.3, -0.25) is 9.59 Å². The molecule has 186 valence electrons. The third-order valence-electron chi connectivity index (χ3n) is 5.87. The van der Waals surface area contributed by atoms with Crippen LogP contribution in [-0.4, -0.2) is 24.3 Å². The van der Waals surface area contributed by atoms with Gasteiger partial charge in [0.05, 0.1) is 12.7 Å². The Morgan fingerprint density at radius 3 is 2.39 bits per heavy atom. The van der Waals surface area contributed by atoms with Crippen molar-refractivity contribution in [2.45, 2.75) is 32.0 Å². The number of alkyl halides is 3. The number of benzene rings is 3. The summed E-state index contributed by atoms with van der Waals surface area (Å²) in [5.41, 5.74) is 2.32. The number of anilines is 1. The maximum absolute atomic E-state index is 13.2. The van der Waals surface area contributed by atoms with E-state index in [1.807, 2.05) is 18.2 Å². The Hall–Kier alpha value is -4.07. The second kappa shape index (κ2) is 9.53. The average Bonchev–Trinajstić information content (AvgIpc) is 2.83. The van der Waals surface area contributed by atoms with E-state index in [0.717, 1.165) is 41.8 Å². The predicted octanol–water partition coefficient (Wildman–Crippen LogP) is 6.11. The van der Waals surface area contributed by atoms with Gasteiger partial charge in [0.2, 0.25) is 0 Å². The molecule has 2 N–H and O–H groups in total. The van der Waals surface area contributed by atoms with Gasteiger partial charge in [-0.25, -0.2) is 0 Å². The number of rotatable bonds is 5. The van der Waals surface area contributed by atoms with Gasteiger partial charge in [-0.1, -0.05) is 18.2 Å². The van der Waals surface area contributed by atoms with Gasteiger partial charge < -0.3 is 15.4 Å². The Morgan fingerprint density at radius 1 is 1.00 bits per heavy atom. The zero-order chi connectivity index (χ0) is 26.1. The molecule has 1 aliphatic rings. The third kappa shape index (κ3) is 5.59. The number of amides is 1. The van der Waals surface area contributed by atoms with Gasteiger partial charge in [-0.05, 0) is 74.4 Å². The Balaban J connectivity index is 1.56. The number of methoxy groups -OCH3 is 1. The lowest BCUT2D eigenvalue weighted by Gasteiger charge is -2.35. The summed E-state index contributed by atoms with van der Waals surface area (Å²) < 4.78 is 43.7. The Kier molecular flexibility index (Phi) is 6.63. The molecule has 1 amide bonds. The van der Waals surface area contributed by atoms with E-state index < -0.39 is 17.6 Å². The van der Waals surface area contributed by atoms with Gasteiger partial charge in [-0.15, -0.1) is 0 Å². The second-order valence-electron chi connectivity index (χ2n) is 9.24. The van der Waals surface area contributed by atoms with Crippen LogP contribution in [0.15, 0.2) is 72.8 Å². The predicted molar refractivity (Wildman–Crippen MR) is 132 cm³/mol. The number of carbonyl (C=O) groups excluding carboxylic acids is 2. The van der Waals surface area contributed by atoms with Gasteiger partial charge in [-0.2, -0.15) is 13.2 Å². The minimum atomic E-state index is -4.48. The molecular weight excluding hydrogens is 469 g/mol. The van der Waals surface area contributed by atoms with Crippen molar-refractivity contribution in [3.05, 3.63) is 101 Å². The normalized spacial score (nSPS) is 15.6. The topological polar surface area (TPSA) is 67.4 Å². The van der Waals surface area contributed by atoms with Crippen LogP contribution in [0, 0.1) is 0 Å². The zero-order valence-electron chi connectivity index (χ0n) is 20.0. The van der Waals surface area contributed by atoms with Crippen molar-refractivity contribution in [1.29, 1.82) is 0 Å². The molecular formula is C28H25F3N2O3. The molecule has 0 saturated heterocycles. The highest BCUT2D eigenvalue weighted by atomic mass is 19.4. The second-order valence-corrected chi connectivity index (χ2v) is 9.24. The number of ketones is 1. The minimum Gasteiger partial charge on any atom is -0.497 e. The molecule has 0 atom stereocenters. The number of nitrogens with one attached hydrogen (secondary N) is 2. The first-order valence-electron chi connectivity index (χ1n) is 11.3. The zero-order valence-corrected chi connectivity index (χ0v) is 20.0. The first-order valence-corrected chi connectivity index (χ1v) is 11.3. The van der Waals surface area contributed by atoms with Gasteiger partial charge in [0.1, 0.15) is 5.75 Å². The molecule has 0 radical (unpaired) electrons. The van der Waals surface area contributed by atoms with Gasteiger partial charge >= 0.3 is 6.18 Å². The number of ether oxygens (including phenoxy) is 1. The average molecular weight is 495 g/mol. The van der Waals surface area contributed by atoms with Crippen molar-refractivity contribution >= 4 is 23.1 Å². The van der Waals surface area contributed by atoms with Crippen LogP contribution in [0.2, 0.25) is 0 Å². The number of halogens is 3. The van der Waals surface area contributed by atoms with Crippen molar-refractivity contribution in [2.24, 2.45) is 0 Å². The summed E-state index contributed by atoms with van der Waals surface area (Å²) in [6.45, 7) is 4.10. The van der Waals surface area contributed by atoms with Crippen molar-refractivity contribution in [3.63, 3.8) is 0 Å². The largest absolute Gasteiger partial charge is 0.497 e. The number of allylic oxidation sites excluding steroid dienone is 1. The maximum atomic E-state index is 13.2. The lowest BCUT2D eigenvalue weighted by molar-refractivity contribution is -0.137. The van der Waals surface area contributed by atoms with E-state index in [1.165, 1.54) is 12.1 Å². The van der Waals surface area contributed by atoms with Crippen LogP contribution >= 0.6 is 0 Å². The van der Waals surface area contributed by atoms with E-state index in [2.05, 4.69) is 24.5 Å². The number of carbonyl (C=O) groups is 2. The molecule has 0 unspecified atom stereocenters. The van der Waals surface area contributed by atoms with Crippen LogP contribution in [0.1, 0.15) is 51.3 Å². The molecule has 0 aliphatic carbocycles. The highest BCUT2D eigenvalue weighted by molar-refractivity contribution is 6.10. The maximum Gasteiger partial charge on any atom is 0.416 e. The number of hydrogen-bond acceptors (Lipinski definition) is 4. The van der Waals surface area contributed by atoms with Gasteiger partial charge in [0.25, 0.3) is 5.91 Å². The van der Waals surface area contributed by atoms with E-state index >= 15 is 0 Å². The highest BCUT2D eigenvalue weighted by Crippen LogP contribution is 2.33. The fraction of sp³-hybridized carbons (Fsp3) is 0.214. The van der Waals surface area contributed by atoms with Crippen LogP contribution in [0.25, 0.3) is 5.70 Å². The standard InChI is InChI=1S/C28H25F3N2O3/c1-27(2)16-19-9-12-22(36-3)14-23(19)24(33-27)15-25(34)18-5-4-6-21(13-18)32-26(35)17-7-10-20(11-8-17)28(29,30)31/h4-15,33H,16H2,1-3H3,(H,32,35)/b24-15-. The summed E-state index contributed by atoms with van der Waals surface area (Å²) in [5, 5.41) is 6.05. The summed E-state index contributed by atoms with van der Waals surface area (Å²) in [7, 11) is 1.58. The molecule has 8 heteroatoms. The molecule has 0 saturated carbocycles. The Morgan fingerprint density at radius 2 is 1.72 bits per heavy atom. The lowest BCUT2D eigenvalue weighted by atomic mass is 9.85. The van der Waals surface area contributed by atoms with Crippen molar-refractivity contribution < 1.29 is 27.5 Å². The van der Waals surface area contributed by atoms with Crippen LogP contribution in [0.3, 0.4) is 0 Å². The SMILES string of the molecule is COc1ccc2c(c1)/C(=C/C(=O)c1cccc(NC(=O)c3ccc(C(F)(F)F)cc3)c1)NC(C)(C)C2. The van der Waals surface area contributed by atoms with E-state index in [-0.39, 0.29) is 16.9 Å². The summed E-state index contributed by atoms with van der Waals surface area (Å²) in [4.78, 5) is 25.7. The van der Waals surface area contributed by atoms with Crippen LogP contribution in [-0.2, 0) is 12.6 Å². The molecule has 3 aromatic carbocycles. The summed E-state index contributed by atoms with van der Waals surface area (Å²) >= 11 is 0. The first-order chi connectivity index (χ1) is 16.9.